The molecule has 3 aromatic rings. The lowest BCUT2D eigenvalue weighted by Gasteiger charge is -2.33. The van der Waals surface area contributed by atoms with E-state index in [1.54, 1.807) is 12.4 Å². The van der Waals surface area contributed by atoms with Gasteiger partial charge in [-0.2, -0.15) is 0 Å². The van der Waals surface area contributed by atoms with Gasteiger partial charge in [0, 0.05) is 29.0 Å². The van der Waals surface area contributed by atoms with Crippen molar-refractivity contribution in [3.63, 3.8) is 0 Å². The second-order valence-corrected chi connectivity index (χ2v) is 7.20. The highest BCUT2D eigenvalue weighted by molar-refractivity contribution is 9.10. The fraction of sp³-hybridized carbons (Fsp3) is 0.263. The van der Waals surface area contributed by atoms with Crippen LogP contribution in [0.4, 0.5) is 14.6 Å². The Morgan fingerprint density at radius 3 is 2.56 bits per heavy atom. The van der Waals surface area contributed by atoms with Crippen molar-refractivity contribution in [1.29, 1.82) is 0 Å². The van der Waals surface area contributed by atoms with Crippen LogP contribution in [0.2, 0.25) is 0 Å². The molecule has 6 heteroatoms. The number of rotatable bonds is 2. The topological polar surface area (TPSA) is 29.0 Å². The monoisotopic (exact) mass is 403 g/mol. The van der Waals surface area contributed by atoms with E-state index in [0.29, 0.717) is 5.56 Å². The van der Waals surface area contributed by atoms with Crippen molar-refractivity contribution in [1.82, 2.24) is 9.97 Å². The van der Waals surface area contributed by atoms with E-state index in [2.05, 4.69) is 30.8 Å². The van der Waals surface area contributed by atoms with Crippen molar-refractivity contribution in [3.05, 3.63) is 64.4 Å². The van der Waals surface area contributed by atoms with Gasteiger partial charge in [0.2, 0.25) is 0 Å². The molecule has 0 aliphatic carbocycles. The van der Waals surface area contributed by atoms with Crippen molar-refractivity contribution in [3.8, 4) is 0 Å². The minimum absolute atomic E-state index is 0.108. The van der Waals surface area contributed by atoms with Crippen molar-refractivity contribution in [2.45, 2.75) is 18.8 Å². The Hall–Kier alpha value is -2.08. The van der Waals surface area contributed by atoms with Crippen LogP contribution in [0.15, 0.2) is 47.2 Å². The van der Waals surface area contributed by atoms with Gasteiger partial charge in [0.1, 0.15) is 23.8 Å². The molecule has 0 spiro atoms. The van der Waals surface area contributed by atoms with Gasteiger partial charge in [0.05, 0.1) is 5.52 Å². The summed E-state index contributed by atoms with van der Waals surface area (Å²) in [5.41, 5.74) is 1.51. The molecule has 1 aromatic heterocycles. The van der Waals surface area contributed by atoms with Crippen LogP contribution in [0, 0.1) is 11.6 Å². The number of anilines is 1. The van der Waals surface area contributed by atoms with Crippen LogP contribution in [0.25, 0.3) is 10.9 Å². The second-order valence-electron chi connectivity index (χ2n) is 6.29. The Morgan fingerprint density at radius 1 is 1.00 bits per heavy atom. The van der Waals surface area contributed by atoms with Gasteiger partial charge in [-0.3, -0.25) is 0 Å². The number of fused-ring (bicyclic) bond motifs is 1. The smallest absolute Gasteiger partial charge is 0.139 e. The normalized spacial score (nSPS) is 15.7. The van der Waals surface area contributed by atoms with Gasteiger partial charge in [-0.1, -0.05) is 22.0 Å². The maximum atomic E-state index is 14.0. The quantitative estimate of drug-likeness (QED) is 0.598. The highest BCUT2D eigenvalue weighted by Crippen LogP contribution is 2.34. The Morgan fingerprint density at radius 2 is 1.80 bits per heavy atom. The van der Waals surface area contributed by atoms with Crippen LogP contribution in [-0.4, -0.2) is 23.1 Å². The first-order valence-electron chi connectivity index (χ1n) is 8.22. The molecule has 25 heavy (non-hydrogen) atoms. The Labute approximate surface area is 152 Å². The molecule has 0 radical (unpaired) electrons. The molecule has 0 N–H and O–H groups in total. The molecule has 0 amide bonds. The molecular weight excluding hydrogens is 388 g/mol. The van der Waals surface area contributed by atoms with Gasteiger partial charge >= 0.3 is 0 Å². The molecule has 2 heterocycles. The largest absolute Gasteiger partial charge is 0.356 e. The number of benzene rings is 2. The van der Waals surface area contributed by atoms with Crippen LogP contribution >= 0.6 is 15.9 Å². The summed E-state index contributed by atoms with van der Waals surface area (Å²) >= 11 is 3.50. The van der Waals surface area contributed by atoms with E-state index in [4.69, 9.17) is 0 Å². The lowest BCUT2D eigenvalue weighted by Crippen LogP contribution is -2.33. The molecule has 1 saturated heterocycles. The van der Waals surface area contributed by atoms with Crippen LogP contribution in [-0.2, 0) is 0 Å². The first-order chi connectivity index (χ1) is 12.1. The minimum atomic E-state index is -0.531. The Bertz CT molecular complexity index is 924. The highest BCUT2D eigenvalue weighted by atomic mass is 79.9. The van der Waals surface area contributed by atoms with Crippen LogP contribution in [0.5, 0.6) is 0 Å². The molecule has 1 aliphatic heterocycles. The molecule has 1 fully saturated rings. The molecule has 0 unspecified atom stereocenters. The van der Waals surface area contributed by atoms with E-state index in [-0.39, 0.29) is 5.92 Å². The van der Waals surface area contributed by atoms with Gasteiger partial charge in [-0.05, 0) is 48.6 Å². The maximum absolute atomic E-state index is 14.0. The summed E-state index contributed by atoms with van der Waals surface area (Å²) in [7, 11) is 0. The first-order valence-corrected chi connectivity index (χ1v) is 9.01. The molecule has 1 aliphatic rings. The molecule has 4 rings (SSSR count). The summed E-state index contributed by atoms with van der Waals surface area (Å²) in [6, 6.07) is 9.82. The summed E-state index contributed by atoms with van der Waals surface area (Å²) in [5, 5.41) is 1.00. The number of nitrogens with zero attached hydrogens (tertiary/aromatic N) is 3. The number of piperidine rings is 1. The van der Waals surface area contributed by atoms with Gasteiger partial charge in [-0.25, -0.2) is 18.7 Å². The lowest BCUT2D eigenvalue weighted by atomic mass is 9.89. The molecule has 3 nitrogen and oxygen atoms in total. The summed E-state index contributed by atoms with van der Waals surface area (Å²) in [6.45, 7) is 1.56. The predicted octanol–water partition coefficient (Wildman–Crippen LogP) is 5.05. The fourth-order valence-electron chi connectivity index (χ4n) is 3.50. The van der Waals surface area contributed by atoms with Gasteiger partial charge in [0.25, 0.3) is 0 Å². The van der Waals surface area contributed by atoms with Gasteiger partial charge in [-0.15, -0.1) is 0 Å². The molecular formula is C19H16BrF2N3. The van der Waals surface area contributed by atoms with E-state index in [1.807, 2.05) is 18.2 Å². The molecule has 2 aromatic carbocycles. The first kappa shape index (κ1) is 16.4. The number of hydrogen-bond acceptors (Lipinski definition) is 3. The number of hydrogen-bond donors (Lipinski definition) is 0. The second kappa shape index (κ2) is 6.67. The third-order valence-electron chi connectivity index (χ3n) is 4.77. The number of halogens is 3. The zero-order valence-electron chi connectivity index (χ0n) is 13.4. The van der Waals surface area contributed by atoms with Crippen molar-refractivity contribution in [2.75, 3.05) is 18.0 Å². The molecule has 0 saturated carbocycles. The van der Waals surface area contributed by atoms with E-state index in [1.165, 1.54) is 6.07 Å². The standard InChI is InChI=1S/C19H16BrF2N3/c20-13-1-4-18-16(9-13)19(24-11-23-18)25-7-5-12(6-8-25)15-3-2-14(21)10-17(15)22/h1-4,9-12H,5-8H2. The van der Waals surface area contributed by atoms with Crippen molar-refractivity contribution < 1.29 is 8.78 Å². The third-order valence-corrected chi connectivity index (χ3v) is 5.27. The average Bonchev–Trinajstić information content (AvgIpc) is 2.61. The SMILES string of the molecule is Fc1ccc(C2CCN(c3ncnc4ccc(Br)cc34)CC2)c(F)c1. The zero-order chi connectivity index (χ0) is 17.4. The van der Waals surface area contributed by atoms with E-state index >= 15 is 0 Å². The van der Waals surface area contributed by atoms with Gasteiger partial charge < -0.3 is 4.90 Å². The molecule has 0 atom stereocenters. The minimum Gasteiger partial charge on any atom is -0.356 e. The fourth-order valence-corrected chi connectivity index (χ4v) is 3.86. The van der Waals surface area contributed by atoms with Crippen LogP contribution < -0.4 is 4.90 Å². The van der Waals surface area contributed by atoms with E-state index in [9.17, 15) is 8.78 Å². The zero-order valence-corrected chi connectivity index (χ0v) is 15.0. The van der Waals surface area contributed by atoms with Crippen LogP contribution in [0.3, 0.4) is 0 Å². The Kier molecular flexibility index (Phi) is 4.37. The van der Waals surface area contributed by atoms with E-state index in [0.717, 1.165) is 53.2 Å². The third kappa shape index (κ3) is 3.23. The van der Waals surface area contributed by atoms with E-state index < -0.39 is 11.6 Å². The molecule has 128 valence electrons. The average molecular weight is 404 g/mol. The summed E-state index contributed by atoms with van der Waals surface area (Å²) in [4.78, 5) is 11.0. The molecule has 0 bridgehead atoms. The predicted molar refractivity (Wildman–Crippen MR) is 97.8 cm³/mol. The van der Waals surface area contributed by atoms with Crippen molar-refractivity contribution >= 4 is 32.7 Å². The summed E-state index contributed by atoms with van der Waals surface area (Å²) in [6.07, 6.45) is 3.20. The Balaban J connectivity index is 1.57. The summed E-state index contributed by atoms with van der Waals surface area (Å²) in [5.74, 6) is 0.0348. The lowest BCUT2D eigenvalue weighted by molar-refractivity contribution is 0.476. The van der Waals surface area contributed by atoms with Gasteiger partial charge in [0.15, 0.2) is 0 Å². The highest BCUT2D eigenvalue weighted by Gasteiger charge is 2.24. The maximum Gasteiger partial charge on any atom is 0.139 e. The van der Waals surface area contributed by atoms with Crippen molar-refractivity contribution in [2.24, 2.45) is 0 Å². The number of aromatic nitrogens is 2. The summed E-state index contributed by atoms with van der Waals surface area (Å²) < 4.78 is 28.1. The van der Waals surface area contributed by atoms with Crippen LogP contribution in [0.1, 0.15) is 24.3 Å².